The van der Waals surface area contributed by atoms with Crippen molar-refractivity contribution in [1.82, 2.24) is 0 Å². The number of hydrogen-bond acceptors (Lipinski definition) is 0. The molecule has 0 unspecified atom stereocenters. The quantitative estimate of drug-likeness (QED) is 0.135. The Morgan fingerprint density at radius 2 is 0.640 bits per heavy atom. The molecule has 12 aromatic rings. The van der Waals surface area contributed by atoms with Crippen LogP contribution in [0.15, 0.2) is 219 Å². The third kappa shape index (κ3) is 11.3. The van der Waals surface area contributed by atoms with Crippen molar-refractivity contribution >= 4 is 0 Å². The lowest BCUT2D eigenvalue weighted by molar-refractivity contribution is -0.660. The van der Waals surface area contributed by atoms with Crippen LogP contribution < -0.4 is 18.3 Å². The summed E-state index contributed by atoms with van der Waals surface area (Å²) in [5.74, 6) is 0. The number of rotatable bonds is 8. The summed E-state index contributed by atoms with van der Waals surface area (Å²) in [6, 6.07) is 71.0. The summed E-state index contributed by atoms with van der Waals surface area (Å²) in [7, 11) is 8.48. The van der Waals surface area contributed by atoms with Gasteiger partial charge in [-0.1, -0.05) is 204 Å². The van der Waals surface area contributed by atoms with E-state index in [2.05, 4.69) is 351 Å². The topological polar surface area (TPSA) is 15.5 Å². The van der Waals surface area contributed by atoms with Crippen molar-refractivity contribution < 1.29 is 21.0 Å². The van der Waals surface area contributed by atoms with Crippen LogP contribution in [0, 0.1) is 27.7 Å². The molecule has 16 rings (SSSR count). The van der Waals surface area contributed by atoms with Gasteiger partial charge in [-0.15, -0.1) is 0 Å². The molecule has 4 aromatic heterocycles. The van der Waals surface area contributed by atoms with Crippen molar-refractivity contribution in [2.24, 2.45) is 28.2 Å². The number of aromatic nitrogens is 4. The average molecular weight is 1320 g/mol. The maximum Gasteiger partial charge on any atom is 0.213 e. The van der Waals surface area contributed by atoms with Crippen LogP contribution in [-0.2, 0) is 75.5 Å². The molecule has 4 heterocycles. The molecule has 0 saturated carbocycles. The fourth-order valence-electron chi connectivity index (χ4n) is 17.5. The highest BCUT2D eigenvalue weighted by Crippen LogP contribution is 2.58. The second kappa shape index (κ2) is 26.5. The largest absolute Gasteiger partial charge is 0.213 e. The van der Waals surface area contributed by atoms with Crippen LogP contribution in [0.4, 0.5) is 0 Å². The SMILES string of the molecule is CCc1ccc2c(c1)-c1c(ccc(C)c1-c1cccc[n+]1C)C2(C)C.CCc1ccc2c(c1)C(C)(C)c1ccc(C)c(-c3cccc[n+]3C)c1-2.CCc1cccc2c1C(C)(C)c1ccc(C)c(-c3cccc[n+]3C)c1-2.[2H]C([2H])(C)c1cccc2c1-c1c(ccc(C)c1-c1cccc[n+]1C)C2(C)C. The van der Waals surface area contributed by atoms with Crippen LogP contribution in [0.25, 0.3) is 89.5 Å². The molecule has 4 aliphatic rings. The molecule has 0 spiro atoms. The Balaban J connectivity index is 0.000000121. The molecule has 4 heteroatoms. The zero-order chi connectivity index (χ0) is 72.9. The summed E-state index contributed by atoms with van der Waals surface area (Å²) >= 11 is 0. The summed E-state index contributed by atoms with van der Waals surface area (Å²) in [5.41, 5.74) is 42.7. The molecule has 0 bridgehead atoms. The van der Waals surface area contributed by atoms with Crippen LogP contribution in [0.5, 0.6) is 0 Å². The normalized spacial score (nSPS) is 14.7. The van der Waals surface area contributed by atoms with Gasteiger partial charge in [0.1, 0.15) is 28.2 Å². The van der Waals surface area contributed by atoms with E-state index in [0.29, 0.717) is 0 Å². The van der Waals surface area contributed by atoms with Crippen LogP contribution in [0.3, 0.4) is 0 Å². The van der Waals surface area contributed by atoms with Gasteiger partial charge in [-0.3, -0.25) is 0 Å². The molecule has 0 radical (unpaired) electrons. The Morgan fingerprint density at radius 1 is 0.280 bits per heavy atom. The van der Waals surface area contributed by atoms with E-state index in [-0.39, 0.29) is 21.7 Å². The molecular formula is C96H104N4+4. The van der Waals surface area contributed by atoms with Crippen LogP contribution in [0.1, 0.15) is 175 Å². The second-order valence-electron chi connectivity index (χ2n) is 30.6. The van der Waals surface area contributed by atoms with Crippen molar-refractivity contribution in [3.63, 3.8) is 0 Å². The minimum Gasteiger partial charge on any atom is -0.201 e. The van der Waals surface area contributed by atoms with E-state index < -0.39 is 6.37 Å². The van der Waals surface area contributed by atoms with Gasteiger partial charge >= 0.3 is 0 Å². The highest BCUT2D eigenvalue weighted by Gasteiger charge is 2.44. The van der Waals surface area contributed by atoms with Gasteiger partial charge in [0.2, 0.25) is 22.8 Å². The summed E-state index contributed by atoms with van der Waals surface area (Å²) in [6.07, 6.45) is 10.3. The first-order chi connectivity index (χ1) is 48.5. The van der Waals surface area contributed by atoms with Gasteiger partial charge in [0.05, 0.1) is 22.3 Å². The fraction of sp³-hybridized carbons (Fsp3) is 0.292. The third-order valence-corrected chi connectivity index (χ3v) is 23.1. The Hall–Kier alpha value is -9.64. The molecule has 4 nitrogen and oxygen atoms in total. The molecule has 0 amide bonds. The molecule has 100 heavy (non-hydrogen) atoms. The predicted octanol–water partition coefficient (Wildman–Crippen LogP) is 21.4. The number of fused-ring (bicyclic) bond motifs is 12. The van der Waals surface area contributed by atoms with Gasteiger partial charge < -0.3 is 0 Å². The fourth-order valence-corrected chi connectivity index (χ4v) is 17.5. The van der Waals surface area contributed by atoms with Gasteiger partial charge in [-0.25, -0.2) is 18.3 Å². The van der Waals surface area contributed by atoms with Crippen molar-refractivity contribution in [2.45, 2.75) is 158 Å². The first-order valence-corrected chi connectivity index (χ1v) is 36.4. The summed E-state index contributed by atoms with van der Waals surface area (Å²) in [6.45, 7) is 35.9. The number of pyridine rings is 4. The maximum absolute atomic E-state index is 8.44. The third-order valence-electron chi connectivity index (χ3n) is 23.1. The second-order valence-corrected chi connectivity index (χ2v) is 30.6. The molecule has 8 aromatic carbocycles. The molecule has 504 valence electrons. The first kappa shape index (κ1) is 66.3. The van der Waals surface area contributed by atoms with E-state index >= 15 is 0 Å². The molecular weight excluding hydrogens is 1210 g/mol. The lowest BCUT2D eigenvalue weighted by Crippen LogP contribution is -2.30. The Kier molecular flexibility index (Phi) is 17.5. The van der Waals surface area contributed by atoms with E-state index in [4.69, 9.17) is 2.74 Å². The Morgan fingerprint density at radius 3 is 1.09 bits per heavy atom. The van der Waals surface area contributed by atoms with Crippen molar-refractivity contribution in [1.29, 1.82) is 0 Å². The van der Waals surface area contributed by atoms with Gasteiger partial charge in [0.15, 0.2) is 24.8 Å². The molecule has 0 N–H and O–H groups in total. The van der Waals surface area contributed by atoms with Gasteiger partial charge in [-0.05, 0) is 189 Å². The van der Waals surface area contributed by atoms with E-state index in [1.54, 1.807) is 6.92 Å². The number of nitrogens with zero attached hydrogens (tertiary/aromatic N) is 4. The zero-order valence-corrected chi connectivity index (χ0v) is 63.2. The maximum atomic E-state index is 8.44. The monoisotopic (exact) mass is 1310 g/mol. The highest BCUT2D eigenvalue weighted by atomic mass is 14.9. The van der Waals surface area contributed by atoms with E-state index in [1.165, 1.54) is 162 Å². The minimum atomic E-state index is -1.40. The Labute approximate surface area is 601 Å². The number of hydrogen-bond donors (Lipinski definition) is 0. The average Bonchev–Trinajstić information content (AvgIpc) is 1.57. The first-order valence-electron chi connectivity index (χ1n) is 37.4. The molecule has 0 atom stereocenters. The lowest BCUT2D eigenvalue weighted by atomic mass is 9.79. The predicted molar refractivity (Wildman–Crippen MR) is 419 cm³/mol. The Bertz CT molecular complexity index is 5260. The molecule has 4 aliphatic carbocycles. The van der Waals surface area contributed by atoms with Gasteiger partial charge in [-0.2, -0.15) is 0 Å². The summed E-state index contributed by atoms with van der Waals surface area (Å²) in [5, 5.41) is 0. The van der Waals surface area contributed by atoms with E-state index in [9.17, 15) is 0 Å². The zero-order valence-electron chi connectivity index (χ0n) is 65.2. The molecule has 0 saturated heterocycles. The van der Waals surface area contributed by atoms with Crippen molar-refractivity contribution in [2.75, 3.05) is 0 Å². The van der Waals surface area contributed by atoms with E-state index in [1.807, 2.05) is 18.2 Å². The van der Waals surface area contributed by atoms with Crippen LogP contribution >= 0.6 is 0 Å². The van der Waals surface area contributed by atoms with E-state index in [0.717, 1.165) is 36.1 Å². The summed E-state index contributed by atoms with van der Waals surface area (Å²) < 4.78 is 25.7. The van der Waals surface area contributed by atoms with Gasteiger partial charge in [0, 0.05) is 95.2 Å². The smallest absolute Gasteiger partial charge is 0.201 e. The lowest BCUT2D eigenvalue weighted by Gasteiger charge is -2.24. The van der Waals surface area contributed by atoms with Crippen LogP contribution in [0.2, 0.25) is 0 Å². The molecule has 0 fully saturated rings. The summed E-state index contributed by atoms with van der Waals surface area (Å²) in [4.78, 5) is 0. The standard InChI is InChI=1S/4C24H26N/c1-6-17-10-9-11-18-22-19(24(3,4)23(17)18)14-13-16(2)21(22)20-12-7-8-15-25(20)5;1-6-17-10-9-11-18-22(17)23-19(24(18,3)4)14-13-16(2)21(23)20-12-7-8-15-25(20)5;1-6-17-11-12-18-20(15-17)24(3,4)19-13-10-16(2)22(23(18)19)21-9-7-8-14-25(21)5;1-6-17-11-13-19-18(15-17)23-20(24(19,3)4)12-10-16(2)22(23)21-9-7-8-14-25(21)5/h4*7-15H,6H2,1-5H3/q4*+1/i;6D2;;. The van der Waals surface area contributed by atoms with Gasteiger partial charge in [0.25, 0.3) is 0 Å². The highest BCUT2D eigenvalue weighted by molar-refractivity contribution is 5.97. The molecule has 0 aliphatic heterocycles. The van der Waals surface area contributed by atoms with Crippen molar-refractivity contribution in [3.05, 3.63) is 308 Å². The minimum absolute atomic E-state index is 0.0473. The number of benzene rings is 8. The van der Waals surface area contributed by atoms with Crippen LogP contribution in [-0.4, -0.2) is 0 Å². The van der Waals surface area contributed by atoms with Crippen molar-refractivity contribution in [3.8, 4) is 89.5 Å². The number of aryl methyl sites for hydroxylation is 12.